The van der Waals surface area contributed by atoms with Crippen molar-refractivity contribution in [2.45, 2.75) is 6.42 Å². The van der Waals surface area contributed by atoms with Gasteiger partial charge in [-0.15, -0.1) is 0 Å². The van der Waals surface area contributed by atoms with Crippen LogP contribution in [0.15, 0.2) is 60.7 Å². The van der Waals surface area contributed by atoms with E-state index in [9.17, 15) is 4.79 Å². The van der Waals surface area contributed by atoms with E-state index in [-0.39, 0.29) is 18.6 Å². The summed E-state index contributed by atoms with van der Waals surface area (Å²) in [6.45, 7) is 4.64. The summed E-state index contributed by atoms with van der Waals surface area (Å²) in [6.07, 6.45) is 4.06. The fourth-order valence-corrected chi connectivity index (χ4v) is 3.70. The van der Waals surface area contributed by atoms with E-state index in [0.29, 0.717) is 12.1 Å². The predicted octanol–water partition coefficient (Wildman–Crippen LogP) is 2.27. The zero-order chi connectivity index (χ0) is 20.8. The molecule has 2 aromatic rings. The molecule has 2 aliphatic rings. The number of benzene rings is 1. The molecule has 7 nitrogen and oxygen atoms in total. The number of hydrogen-bond donors (Lipinski definition) is 1. The summed E-state index contributed by atoms with van der Waals surface area (Å²) < 4.78 is 10.8. The van der Waals surface area contributed by atoms with Gasteiger partial charge in [-0.05, 0) is 31.2 Å². The maximum absolute atomic E-state index is 12.7. The molecule has 1 unspecified atom stereocenters. The van der Waals surface area contributed by atoms with Crippen molar-refractivity contribution in [3.63, 3.8) is 0 Å². The molecule has 0 saturated carbocycles. The van der Waals surface area contributed by atoms with E-state index in [4.69, 9.17) is 9.47 Å². The first-order valence-electron chi connectivity index (χ1n) is 10.3. The average Bonchev–Trinajstić information content (AvgIpc) is 3.33. The Hall–Kier alpha value is -3.06. The molecule has 1 fully saturated rings. The number of ether oxygens (including phenoxy) is 2. The van der Waals surface area contributed by atoms with Crippen LogP contribution in [-0.4, -0.2) is 62.4 Å². The van der Waals surface area contributed by atoms with Crippen molar-refractivity contribution in [2.75, 3.05) is 51.5 Å². The van der Waals surface area contributed by atoms with Crippen LogP contribution in [0.2, 0.25) is 0 Å². The SMILES string of the molecule is CN1CCN(c2ccc(C(=O)NCC(Cc3ccccc3)C3=COCO3)cn2)CC1. The van der Waals surface area contributed by atoms with Gasteiger partial charge >= 0.3 is 0 Å². The summed E-state index contributed by atoms with van der Waals surface area (Å²) in [6, 6.07) is 13.9. The van der Waals surface area contributed by atoms with Gasteiger partial charge in [-0.2, -0.15) is 0 Å². The number of carbonyl (C=O) groups is 1. The molecule has 1 aromatic heterocycles. The lowest BCUT2D eigenvalue weighted by Gasteiger charge is -2.33. The number of rotatable bonds is 7. The molecule has 1 amide bonds. The van der Waals surface area contributed by atoms with Crippen molar-refractivity contribution in [3.8, 4) is 0 Å². The van der Waals surface area contributed by atoms with Crippen molar-refractivity contribution in [1.29, 1.82) is 0 Å². The Morgan fingerprint density at radius 1 is 1.13 bits per heavy atom. The van der Waals surface area contributed by atoms with Crippen molar-refractivity contribution in [3.05, 3.63) is 71.8 Å². The summed E-state index contributed by atoms with van der Waals surface area (Å²) in [4.78, 5) is 21.8. The summed E-state index contributed by atoms with van der Waals surface area (Å²) >= 11 is 0. The van der Waals surface area contributed by atoms with Crippen LogP contribution in [0, 0.1) is 5.92 Å². The normalized spacial score (nSPS) is 17.6. The van der Waals surface area contributed by atoms with Gasteiger partial charge in [0.1, 0.15) is 17.8 Å². The molecule has 7 heteroatoms. The molecule has 30 heavy (non-hydrogen) atoms. The first-order chi connectivity index (χ1) is 14.7. The highest BCUT2D eigenvalue weighted by Crippen LogP contribution is 2.22. The molecule has 2 aliphatic heterocycles. The number of anilines is 1. The number of nitrogens with one attached hydrogen (secondary N) is 1. The fourth-order valence-electron chi connectivity index (χ4n) is 3.70. The van der Waals surface area contributed by atoms with Crippen LogP contribution >= 0.6 is 0 Å². The first-order valence-corrected chi connectivity index (χ1v) is 10.3. The largest absolute Gasteiger partial charge is 0.462 e. The third-order valence-corrected chi connectivity index (χ3v) is 5.57. The third kappa shape index (κ3) is 5.10. The van der Waals surface area contributed by atoms with Crippen LogP contribution in [-0.2, 0) is 15.9 Å². The minimum absolute atomic E-state index is 0.0106. The van der Waals surface area contributed by atoms with Gasteiger partial charge in [-0.3, -0.25) is 4.79 Å². The summed E-state index contributed by atoms with van der Waals surface area (Å²) in [5.41, 5.74) is 1.75. The number of hydrogen-bond acceptors (Lipinski definition) is 6. The van der Waals surface area contributed by atoms with E-state index in [1.165, 1.54) is 5.56 Å². The number of piperazine rings is 1. The molecule has 3 heterocycles. The first kappa shape index (κ1) is 20.2. The maximum Gasteiger partial charge on any atom is 0.252 e. The second-order valence-corrected chi connectivity index (χ2v) is 7.74. The van der Waals surface area contributed by atoms with Gasteiger partial charge < -0.3 is 24.6 Å². The van der Waals surface area contributed by atoms with Crippen LogP contribution in [0.1, 0.15) is 15.9 Å². The monoisotopic (exact) mass is 408 g/mol. The van der Waals surface area contributed by atoms with E-state index < -0.39 is 0 Å². The van der Waals surface area contributed by atoms with Crippen molar-refractivity contribution in [1.82, 2.24) is 15.2 Å². The minimum atomic E-state index is -0.134. The number of carbonyl (C=O) groups excluding carboxylic acids is 1. The minimum Gasteiger partial charge on any atom is -0.462 e. The Labute approximate surface area is 177 Å². The molecule has 1 aromatic carbocycles. The molecular weight excluding hydrogens is 380 g/mol. The second-order valence-electron chi connectivity index (χ2n) is 7.74. The van der Waals surface area contributed by atoms with Gasteiger partial charge in [0, 0.05) is 44.8 Å². The van der Waals surface area contributed by atoms with E-state index in [1.54, 1.807) is 12.5 Å². The fraction of sp³-hybridized carbons (Fsp3) is 0.391. The van der Waals surface area contributed by atoms with Crippen molar-refractivity contribution in [2.24, 2.45) is 5.92 Å². The molecular formula is C23H28N4O3. The number of pyridine rings is 1. The third-order valence-electron chi connectivity index (χ3n) is 5.57. The molecule has 4 rings (SSSR count). The smallest absolute Gasteiger partial charge is 0.252 e. The van der Waals surface area contributed by atoms with Gasteiger partial charge in [0.05, 0.1) is 5.56 Å². The van der Waals surface area contributed by atoms with Crippen molar-refractivity contribution >= 4 is 11.7 Å². The summed E-state index contributed by atoms with van der Waals surface area (Å²) in [5.74, 6) is 1.56. The lowest BCUT2D eigenvalue weighted by molar-refractivity contribution is 0.0698. The van der Waals surface area contributed by atoms with Gasteiger partial charge in [0.15, 0.2) is 0 Å². The molecule has 1 N–H and O–H groups in total. The van der Waals surface area contributed by atoms with Gasteiger partial charge in [0.25, 0.3) is 5.91 Å². The standard InChI is InChI=1S/C23H28N4O3/c1-26-9-11-27(12-10-26)22-8-7-19(14-24-22)23(28)25-15-20(21-16-29-17-30-21)13-18-5-3-2-4-6-18/h2-8,14,16,20H,9-13,15,17H2,1H3,(H,25,28). The van der Waals surface area contributed by atoms with E-state index in [2.05, 4.69) is 39.3 Å². The molecule has 0 bridgehead atoms. The van der Waals surface area contributed by atoms with E-state index >= 15 is 0 Å². The molecule has 158 valence electrons. The Kier molecular flexibility index (Phi) is 6.49. The molecule has 1 saturated heterocycles. The number of amides is 1. The van der Waals surface area contributed by atoms with Crippen LogP contribution in [0.4, 0.5) is 5.82 Å². The lowest BCUT2D eigenvalue weighted by Crippen LogP contribution is -2.44. The van der Waals surface area contributed by atoms with Crippen LogP contribution in [0.25, 0.3) is 0 Å². The molecule has 0 aliphatic carbocycles. The number of aromatic nitrogens is 1. The zero-order valence-corrected chi connectivity index (χ0v) is 17.3. The lowest BCUT2D eigenvalue weighted by atomic mass is 9.97. The van der Waals surface area contributed by atoms with Crippen LogP contribution in [0.3, 0.4) is 0 Å². The van der Waals surface area contributed by atoms with E-state index in [1.807, 2.05) is 30.3 Å². The van der Waals surface area contributed by atoms with Gasteiger partial charge in [-0.1, -0.05) is 30.3 Å². The quantitative estimate of drug-likeness (QED) is 0.758. The Balaban J connectivity index is 1.36. The summed E-state index contributed by atoms with van der Waals surface area (Å²) in [5, 5.41) is 3.03. The summed E-state index contributed by atoms with van der Waals surface area (Å²) in [7, 11) is 2.13. The van der Waals surface area contributed by atoms with Crippen molar-refractivity contribution < 1.29 is 14.3 Å². The number of nitrogens with zero attached hydrogens (tertiary/aromatic N) is 3. The molecule has 0 radical (unpaired) electrons. The predicted molar refractivity (Wildman–Crippen MR) is 115 cm³/mol. The van der Waals surface area contributed by atoms with E-state index in [0.717, 1.165) is 44.2 Å². The average molecular weight is 409 g/mol. The van der Waals surface area contributed by atoms with Gasteiger partial charge in [-0.25, -0.2) is 4.98 Å². The molecule has 1 atom stereocenters. The number of likely N-dealkylation sites (N-methyl/N-ethyl adjacent to an activating group) is 1. The maximum atomic E-state index is 12.7. The van der Waals surface area contributed by atoms with Crippen LogP contribution in [0.5, 0.6) is 0 Å². The Morgan fingerprint density at radius 3 is 2.60 bits per heavy atom. The zero-order valence-electron chi connectivity index (χ0n) is 17.3. The molecule has 0 spiro atoms. The Morgan fingerprint density at radius 2 is 1.93 bits per heavy atom. The topological polar surface area (TPSA) is 66.9 Å². The highest BCUT2D eigenvalue weighted by molar-refractivity contribution is 5.94. The van der Waals surface area contributed by atoms with Gasteiger partial charge in [0.2, 0.25) is 6.79 Å². The van der Waals surface area contributed by atoms with Crippen LogP contribution < -0.4 is 10.2 Å². The second kappa shape index (κ2) is 9.63. The highest BCUT2D eigenvalue weighted by Gasteiger charge is 2.22. The highest BCUT2D eigenvalue weighted by atomic mass is 16.7. The Bertz CT molecular complexity index is 862.